The predicted molar refractivity (Wildman–Crippen MR) is 59.7 cm³/mol. The van der Waals surface area contributed by atoms with Crippen LogP contribution in [0.4, 0.5) is 0 Å². The second-order valence-corrected chi connectivity index (χ2v) is 2.88. The van der Waals surface area contributed by atoms with Crippen molar-refractivity contribution in [3.63, 3.8) is 0 Å². The third-order valence-corrected chi connectivity index (χ3v) is 1.73. The third-order valence-electron chi connectivity index (χ3n) is 1.73. The van der Waals surface area contributed by atoms with Gasteiger partial charge in [0.15, 0.2) is 0 Å². The van der Waals surface area contributed by atoms with Gasteiger partial charge in [-0.25, -0.2) is 0 Å². The molecule has 0 aliphatic rings. The fourth-order valence-corrected chi connectivity index (χ4v) is 0.922. The Hall–Kier alpha value is -1.76. The van der Waals surface area contributed by atoms with Crippen LogP contribution < -0.4 is 0 Å². The number of benzene rings is 1. The molecule has 0 atom stereocenters. The molecule has 1 rings (SSSR count). The van der Waals surface area contributed by atoms with Crippen molar-refractivity contribution in [2.45, 2.75) is 6.61 Å². The summed E-state index contributed by atoms with van der Waals surface area (Å²) in [5, 5.41) is 0. The largest absolute Gasteiger partial charge is 0.496 e. The monoisotopic (exact) mass is 186 g/mol. The Morgan fingerprint density at radius 2 is 2.00 bits per heavy atom. The number of rotatable bonds is 5. The molecule has 72 valence electrons. The van der Waals surface area contributed by atoms with E-state index in [-0.39, 0.29) is 0 Å². The van der Waals surface area contributed by atoms with Crippen LogP contribution in [0.1, 0.15) is 5.56 Å². The lowest BCUT2D eigenvalue weighted by molar-refractivity contribution is 0.236. The Balaban J connectivity index is 2.32. The molecule has 0 aliphatic heterocycles. The summed E-state index contributed by atoms with van der Waals surface area (Å²) in [6.07, 6.45) is 5.11. The van der Waals surface area contributed by atoms with E-state index in [9.17, 15) is 0 Å². The van der Waals surface area contributed by atoms with Crippen molar-refractivity contribution < 1.29 is 4.74 Å². The van der Waals surface area contributed by atoms with Gasteiger partial charge < -0.3 is 4.74 Å². The molecule has 0 aliphatic carbocycles. The maximum absolute atomic E-state index is 5.30. The summed E-state index contributed by atoms with van der Waals surface area (Å²) in [6, 6.07) is 10.0. The van der Waals surface area contributed by atoms with Crippen LogP contribution in [0.3, 0.4) is 0 Å². The molecule has 0 saturated heterocycles. The van der Waals surface area contributed by atoms with Crippen LogP contribution in [0.15, 0.2) is 67.5 Å². The topological polar surface area (TPSA) is 9.23 Å². The highest BCUT2D eigenvalue weighted by atomic mass is 16.5. The highest BCUT2D eigenvalue weighted by Crippen LogP contribution is 2.01. The lowest BCUT2D eigenvalue weighted by Crippen LogP contribution is -1.84. The zero-order chi connectivity index (χ0) is 10.2. The zero-order valence-electron chi connectivity index (χ0n) is 8.15. The predicted octanol–water partition coefficient (Wildman–Crippen LogP) is 3.46. The number of ether oxygens (including phenoxy) is 1. The van der Waals surface area contributed by atoms with E-state index in [4.69, 9.17) is 4.74 Å². The van der Waals surface area contributed by atoms with Crippen molar-refractivity contribution in [3.8, 4) is 0 Å². The molecular formula is C13H14O. The van der Waals surface area contributed by atoms with E-state index in [0.29, 0.717) is 6.61 Å². The minimum Gasteiger partial charge on any atom is -0.496 e. The van der Waals surface area contributed by atoms with E-state index in [1.54, 1.807) is 18.4 Å². The van der Waals surface area contributed by atoms with Gasteiger partial charge in [-0.05, 0) is 17.2 Å². The van der Waals surface area contributed by atoms with Gasteiger partial charge in [0.1, 0.15) is 6.61 Å². The lowest BCUT2D eigenvalue weighted by atomic mass is 10.2. The average molecular weight is 186 g/mol. The van der Waals surface area contributed by atoms with Gasteiger partial charge in [-0.3, -0.25) is 0 Å². The maximum Gasteiger partial charge on any atom is 0.112 e. The van der Waals surface area contributed by atoms with Crippen molar-refractivity contribution in [1.82, 2.24) is 0 Å². The summed E-state index contributed by atoms with van der Waals surface area (Å²) >= 11 is 0. The number of hydrogen-bond donors (Lipinski definition) is 0. The van der Waals surface area contributed by atoms with Crippen LogP contribution in [-0.2, 0) is 11.3 Å². The van der Waals surface area contributed by atoms with Crippen LogP contribution in [0, 0.1) is 0 Å². The SMILES string of the molecule is C=CC(=C)/C=C/OCc1ccccc1. The molecule has 1 nitrogen and oxygen atoms in total. The fraction of sp³-hybridized carbons (Fsp3) is 0.0769. The Morgan fingerprint density at radius 3 is 2.64 bits per heavy atom. The quantitative estimate of drug-likeness (QED) is 0.505. The molecule has 0 amide bonds. The van der Waals surface area contributed by atoms with Crippen LogP contribution in [-0.4, -0.2) is 0 Å². The normalized spacial score (nSPS) is 10.0. The first-order valence-electron chi connectivity index (χ1n) is 4.46. The van der Waals surface area contributed by atoms with E-state index in [0.717, 1.165) is 11.1 Å². The highest BCUT2D eigenvalue weighted by Gasteiger charge is 1.87. The average Bonchev–Trinajstić information content (AvgIpc) is 2.25. The molecule has 14 heavy (non-hydrogen) atoms. The van der Waals surface area contributed by atoms with E-state index < -0.39 is 0 Å². The van der Waals surface area contributed by atoms with Crippen molar-refractivity contribution >= 4 is 0 Å². The fourth-order valence-electron chi connectivity index (χ4n) is 0.922. The molecule has 1 aromatic rings. The van der Waals surface area contributed by atoms with E-state index in [1.807, 2.05) is 30.3 Å². The highest BCUT2D eigenvalue weighted by molar-refractivity contribution is 5.24. The second kappa shape index (κ2) is 5.81. The molecule has 0 saturated carbocycles. The van der Waals surface area contributed by atoms with Gasteiger partial charge in [0.05, 0.1) is 6.26 Å². The van der Waals surface area contributed by atoms with E-state index in [2.05, 4.69) is 13.2 Å². The Bertz CT molecular complexity index is 322. The molecular weight excluding hydrogens is 172 g/mol. The molecule has 0 spiro atoms. The molecule has 1 aromatic carbocycles. The van der Waals surface area contributed by atoms with Crippen LogP contribution >= 0.6 is 0 Å². The Morgan fingerprint density at radius 1 is 1.29 bits per heavy atom. The van der Waals surface area contributed by atoms with Gasteiger partial charge in [-0.2, -0.15) is 0 Å². The minimum absolute atomic E-state index is 0.585. The van der Waals surface area contributed by atoms with Gasteiger partial charge in [0, 0.05) is 0 Å². The summed E-state index contributed by atoms with van der Waals surface area (Å²) in [5.41, 5.74) is 2.00. The van der Waals surface area contributed by atoms with Gasteiger partial charge in [-0.1, -0.05) is 49.6 Å². The molecule has 0 fully saturated rings. The van der Waals surface area contributed by atoms with E-state index >= 15 is 0 Å². The lowest BCUT2D eigenvalue weighted by Gasteiger charge is -1.99. The standard InChI is InChI=1S/C13H14O/c1-3-12(2)9-10-14-11-13-7-5-4-6-8-13/h3-10H,1-2,11H2/b10-9+. The molecule has 0 aromatic heterocycles. The molecule has 0 bridgehead atoms. The Labute approximate surface area is 85.0 Å². The molecule has 0 unspecified atom stereocenters. The summed E-state index contributed by atoms with van der Waals surface area (Å²) in [7, 11) is 0. The molecule has 0 heterocycles. The van der Waals surface area contributed by atoms with Crippen LogP contribution in [0.25, 0.3) is 0 Å². The smallest absolute Gasteiger partial charge is 0.112 e. The summed E-state index contributed by atoms with van der Waals surface area (Å²) in [4.78, 5) is 0. The van der Waals surface area contributed by atoms with Gasteiger partial charge in [0.2, 0.25) is 0 Å². The second-order valence-electron chi connectivity index (χ2n) is 2.88. The summed E-state index contributed by atoms with van der Waals surface area (Å²) < 4.78 is 5.30. The summed E-state index contributed by atoms with van der Waals surface area (Å²) in [6.45, 7) is 7.91. The first-order chi connectivity index (χ1) is 6.83. The zero-order valence-corrected chi connectivity index (χ0v) is 8.15. The first kappa shape index (κ1) is 10.3. The van der Waals surface area contributed by atoms with Crippen molar-refractivity contribution in [2.75, 3.05) is 0 Å². The van der Waals surface area contributed by atoms with Crippen molar-refractivity contribution in [3.05, 3.63) is 73.0 Å². The summed E-state index contributed by atoms with van der Waals surface area (Å²) in [5.74, 6) is 0. The number of allylic oxidation sites excluding steroid dienone is 3. The molecule has 0 radical (unpaired) electrons. The van der Waals surface area contributed by atoms with Crippen molar-refractivity contribution in [2.24, 2.45) is 0 Å². The van der Waals surface area contributed by atoms with Gasteiger partial charge in [-0.15, -0.1) is 0 Å². The maximum atomic E-state index is 5.30. The number of hydrogen-bond acceptors (Lipinski definition) is 1. The van der Waals surface area contributed by atoms with Crippen molar-refractivity contribution in [1.29, 1.82) is 0 Å². The van der Waals surface area contributed by atoms with Gasteiger partial charge in [0.25, 0.3) is 0 Å². The first-order valence-corrected chi connectivity index (χ1v) is 4.46. The van der Waals surface area contributed by atoms with E-state index in [1.165, 1.54) is 0 Å². The van der Waals surface area contributed by atoms with Crippen LogP contribution in [0.2, 0.25) is 0 Å². The minimum atomic E-state index is 0.585. The third kappa shape index (κ3) is 3.76. The molecule has 0 N–H and O–H groups in total. The Kier molecular flexibility index (Phi) is 4.29. The van der Waals surface area contributed by atoms with Crippen LogP contribution in [0.5, 0.6) is 0 Å². The molecule has 1 heteroatoms. The van der Waals surface area contributed by atoms with Gasteiger partial charge >= 0.3 is 0 Å².